The molecule has 0 radical (unpaired) electrons. The molecule has 3 atom stereocenters. The van der Waals surface area contributed by atoms with Gasteiger partial charge in [-0.1, -0.05) is 218 Å². The lowest BCUT2D eigenvalue weighted by Crippen LogP contribution is -2.36. The van der Waals surface area contributed by atoms with E-state index in [0.717, 1.165) is 25.7 Å². The molecule has 0 fully saturated rings. The largest absolute Gasteiger partial charge is 0.400 e. The van der Waals surface area contributed by atoms with E-state index in [1.807, 2.05) is 13.8 Å². The summed E-state index contributed by atoms with van der Waals surface area (Å²) in [6.45, 7) is 43.7. The third-order valence-electron chi connectivity index (χ3n) is 8.70. The Morgan fingerprint density at radius 3 is 0.644 bits per heavy atom. The van der Waals surface area contributed by atoms with E-state index in [1.165, 1.54) is 46.5 Å². The fourth-order valence-corrected chi connectivity index (χ4v) is 2.78. The second-order valence-corrected chi connectivity index (χ2v) is 19.2. The maximum absolute atomic E-state index is 11.7. The zero-order valence-electron chi connectivity index (χ0n) is 49.2. The number of alkyl halides is 21. The molecular formula is C52H105F21. The minimum atomic E-state index is -5.17. The molecule has 0 aliphatic heterocycles. The third kappa shape index (κ3) is 116. The molecule has 0 aromatic rings. The highest BCUT2D eigenvalue weighted by atomic mass is 19.4. The fraction of sp³-hybridized carbons (Fsp3) is 1.00. The van der Waals surface area contributed by atoms with Crippen LogP contribution in [0.3, 0.4) is 0 Å². The van der Waals surface area contributed by atoms with Gasteiger partial charge in [0.1, 0.15) is 0 Å². The van der Waals surface area contributed by atoms with Gasteiger partial charge in [-0.05, 0) is 41.9 Å². The first kappa shape index (κ1) is 97.1. The van der Waals surface area contributed by atoms with E-state index in [2.05, 4.69) is 69.2 Å². The van der Waals surface area contributed by atoms with Crippen LogP contribution in [0, 0.1) is 46.8 Å². The summed E-state index contributed by atoms with van der Waals surface area (Å²) in [6.07, 6.45) is -26.2. The molecule has 0 aliphatic carbocycles. The summed E-state index contributed by atoms with van der Waals surface area (Å²) in [5, 5.41) is 0. The van der Waals surface area contributed by atoms with Crippen LogP contribution in [-0.4, -0.2) is 43.2 Å². The molecule has 73 heavy (non-hydrogen) atoms. The van der Waals surface area contributed by atoms with E-state index < -0.39 is 92.1 Å². The first-order chi connectivity index (χ1) is 32.1. The molecule has 0 amide bonds. The first-order valence-corrected chi connectivity index (χ1v) is 25.6. The lowest BCUT2D eigenvalue weighted by Gasteiger charge is -2.23. The van der Waals surface area contributed by atoms with Crippen molar-refractivity contribution in [1.82, 2.24) is 0 Å². The number of hydrogen-bond acceptors (Lipinski definition) is 0. The van der Waals surface area contributed by atoms with E-state index in [-0.39, 0.29) is 24.7 Å². The summed E-state index contributed by atoms with van der Waals surface area (Å²) in [5.41, 5.74) is -0.599. The van der Waals surface area contributed by atoms with Crippen LogP contribution in [0.2, 0.25) is 0 Å². The van der Waals surface area contributed by atoms with Gasteiger partial charge in [0.2, 0.25) is 0 Å². The monoisotopic (exact) mass is 1130 g/mol. The fourth-order valence-electron chi connectivity index (χ4n) is 2.78. The molecule has 0 bridgehead atoms. The standard InChI is InChI=1S/C7H13F3.C6H8F6.2C6H11F3.C5H9F3.C5H12.C4H7F3.2C4H10.C3H8.C2H6/c1-4-6(2,3)5-7(8,9)10;1-2-3-4(5(7,8)9)6(10,11)12;2*1-3-5(2)4-6(7,8)9;1-3-4(2)5(6,7)8;1-4-5(2)3;1-3(2)4(5,6)7;1-4(2)3;1-3-4-2;1-3-2;1-2/h4-5H2,1-3H3;4H,2-3H2,1H3;2*5H,3-4H2,1-2H3;4H,3H2,1-2H3;5H,4H2,1-3H3;3H,1-2H3;4H,1-3H3;3-4H2,1-2H3;3H2,1-2H3;1-2H3/t;;2*5-;;;;;;;/m..00......./s1. The van der Waals surface area contributed by atoms with Crippen molar-refractivity contribution in [1.29, 1.82) is 0 Å². The zero-order valence-corrected chi connectivity index (χ0v) is 49.2. The SMILES string of the molecule is CC.CC(C)C.CC(C)C(F)(F)F.CCC.CCC(C)(C)CC(F)(F)F.CCC(C)C.CCC(C)C(F)(F)F.CCCC.CCCC(C(F)(F)F)C(F)(F)F.CC[C@H](C)CC(F)(F)F.CC[C@H](C)CC(F)(F)F. The molecule has 0 saturated heterocycles. The molecule has 0 aliphatic rings. The van der Waals surface area contributed by atoms with Crippen LogP contribution in [0.25, 0.3) is 0 Å². The van der Waals surface area contributed by atoms with Gasteiger partial charge in [0.05, 0.1) is 5.92 Å². The lowest BCUT2D eigenvalue weighted by molar-refractivity contribution is -0.285. The average molecular weight is 1130 g/mol. The summed E-state index contributed by atoms with van der Waals surface area (Å²) in [6, 6.07) is 0. The van der Waals surface area contributed by atoms with Crippen molar-refractivity contribution in [2.24, 2.45) is 46.8 Å². The highest BCUT2D eigenvalue weighted by Crippen LogP contribution is 2.42. The summed E-state index contributed by atoms with van der Waals surface area (Å²) < 4.78 is 242. The highest BCUT2D eigenvalue weighted by Gasteiger charge is 2.55. The normalized spacial score (nSPS) is 12.9. The van der Waals surface area contributed by atoms with E-state index >= 15 is 0 Å². The number of rotatable bonds is 11. The van der Waals surface area contributed by atoms with Gasteiger partial charge < -0.3 is 0 Å². The number of halogens is 21. The first-order valence-electron chi connectivity index (χ1n) is 25.6. The van der Waals surface area contributed by atoms with Crippen LogP contribution in [0.5, 0.6) is 0 Å². The van der Waals surface area contributed by atoms with Crippen molar-refractivity contribution >= 4 is 0 Å². The van der Waals surface area contributed by atoms with Crippen molar-refractivity contribution in [2.75, 3.05) is 0 Å². The number of unbranched alkanes of at least 4 members (excludes halogenated alkanes) is 1. The summed E-state index contributed by atoms with van der Waals surface area (Å²) >= 11 is 0. The van der Waals surface area contributed by atoms with Crippen molar-refractivity contribution in [3.63, 3.8) is 0 Å². The Bertz CT molecular complexity index is 989. The highest BCUT2D eigenvalue weighted by molar-refractivity contribution is 4.74. The van der Waals surface area contributed by atoms with E-state index in [1.54, 1.807) is 48.5 Å². The minimum Gasteiger partial charge on any atom is -0.171 e. The van der Waals surface area contributed by atoms with Crippen LogP contribution in [0.4, 0.5) is 92.2 Å². The summed E-state index contributed by atoms with van der Waals surface area (Å²) in [4.78, 5) is 0. The molecule has 460 valence electrons. The molecule has 0 aromatic heterocycles. The van der Waals surface area contributed by atoms with Gasteiger partial charge in [0.25, 0.3) is 0 Å². The Morgan fingerprint density at radius 2 is 0.603 bits per heavy atom. The van der Waals surface area contributed by atoms with Crippen LogP contribution in [0.1, 0.15) is 250 Å². The topological polar surface area (TPSA) is 0 Å². The maximum Gasteiger partial charge on any atom is 0.400 e. The average Bonchev–Trinajstić information content (AvgIpc) is 3.18. The van der Waals surface area contributed by atoms with Crippen molar-refractivity contribution in [2.45, 2.75) is 293 Å². The lowest BCUT2D eigenvalue weighted by atomic mass is 9.86. The van der Waals surface area contributed by atoms with Crippen molar-refractivity contribution < 1.29 is 92.2 Å². The third-order valence-corrected chi connectivity index (χ3v) is 8.70. The Kier molecular flexibility index (Phi) is 69.9. The van der Waals surface area contributed by atoms with Gasteiger partial charge in [0, 0.05) is 25.2 Å². The van der Waals surface area contributed by atoms with Gasteiger partial charge in [-0.2, -0.15) is 92.2 Å². The molecule has 0 saturated carbocycles. The molecule has 0 spiro atoms. The smallest absolute Gasteiger partial charge is 0.171 e. The molecule has 0 rings (SSSR count). The van der Waals surface area contributed by atoms with E-state index in [4.69, 9.17) is 0 Å². The van der Waals surface area contributed by atoms with Crippen LogP contribution in [-0.2, 0) is 0 Å². The van der Waals surface area contributed by atoms with Crippen LogP contribution >= 0.6 is 0 Å². The van der Waals surface area contributed by atoms with Gasteiger partial charge in [0.15, 0.2) is 5.92 Å². The predicted octanol–water partition coefficient (Wildman–Crippen LogP) is 25.6. The van der Waals surface area contributed by atoms with Crippen molar-refractivity contribution in [3.8, 4) is 0 Å². The maximum atomic E-state index is 11.7. The summed E-state index contributed by atoms with van der Waals surface area (Å²) in [5.74, 6) is -4.27. The minimum absolute atomic E-state index is 0.135. The quantitative estimate of drug-likeness (QED) is 0.181. The Balaban J connectivity index is -0.0000000661. The molecule has 0 N–H and O–H groups in total. The molecule has 0 heterocycles. The van der Waals surface area contributed by atoms with Gasteiger partial charge in [-0.3, -0.25) is 0 Å². The Labute approximate surface area is 431 Å². The van der Waals surface area contributed by atoms with Crippen LogP contribution < -0.4 is 0 Å². The Hall–Kier alpha value is -1.47. The second-order valence-electron chi connectivity index (χ2n) is 19.2. The zero-order chi connectivity index (χ0) is 62.2. The van der Waals surface area contributed by atoms with Gasteiger partial charge in [-0.15, -0.1) is 0 Å². The van der Waals surface area contributed by atoms with E-state index in [9.17, 15) is 92.2 Å². The molecular weight excluding hydrogens is 1020 g/mol. The summed E-state index contributed by atoms with van der Waals surface area (Å²) in [7, 11) is 0. The molecule has 1 unspecified atom stereocenters. The molecule has 21 heteroatoms. The van der Waals surface area contributed by atoms with E-state index in [0.29, 0.717) is 19.3 Å². The predicted molar refractivity (Wildman–Crippen MR) is 265 cm³/mol. The Morgan fingerprint density at radius 1 is 0.356 bits per heavy atom. The second kappa shape index (κ2) is 52.6. The van der Waals surface area contributed by atoms with Crippen LogP contribution in [0.15, 0.2) is 0 Å². The molecule has 0 nitrogen and oxygen atoms in total. The molecule has 0 aromatic carbocycles. The van der Waals surface area contributed by atoms with Gasteiger partial charge in [-0.25, -0.2) is 0 Å². The van der Waals surface area contributed by atoms with Crippen molar-refractivity contribution in [3.05, 3.63) is 0 Å². The number of hydrogen-bond donors (Lipinski definition) is 0. The van der Waals surface area contributed by atoms with Gasteiger partial charge >= 0.3 is 43.2 Å².